The van der Waals surface area contributed by atoms with E-state index in [2.05, 4.69) is 32.6 Å². The van der Waals surface area contributed by atoms with Crippen LogP contribution in [0.1, 0.15) is 40.5 Å². The standard InChI is InChI=1S/C13H23NO/c1-8(2)11-10(4)12(11)13(15)14-7-5-6-9(14)3/h8-12H,5-7H2,1-4H3. The third kappa shape index (κ3) is 1.79. The molecule has 2 fully saturated rings. The lowest BCUT2D eigenvalue weighted by Gasteiger charge is -2.21. The summed E-state index contributed by atoms with van der Waals surface area (Å²) in [4.78, 5) is 14.4. The van der Waals surface area contributed by atoms with E-state index < -0.39 is 0 Å². The van der Waals surface area contributed by atoms with Crippen LogP contribution in [0.4, 0.5) is 0 Å². The molecular weight excluding hydrogens is 186 g/mol. The van der Waals surface area contributed by atoms with Crippen molar-refractivity contribution in [2.45, 2.75) is 46.6 Å². The molecule has 2 heteroatoms. The van der Waals surface area contributed by atoms with Crippen LogP contribution in [0.3, 0.4) is 0 Å². The predicted molar refractivity (Wildman–Crippen MR) is 61.4 cm³/mol. The van der Waals surface area contributed by atoms with Crippen LogP contribution in [0.25, 0.3) is 0 Å². The van der Waals surface area contributed by atoms with E-state index in [0.29, 0.717) is 35.6 Å². The molecule has 0 bridgehead atoms. The molecule has 0 aromatic carbocycles. The van der Waals surface area contributed by atoms with Crippen molar-refractivity contribution in [2.75, 3.05) is 6.54 Å². The number of nitrogens with zero attached hydrogens (tertiary/aromatic N) is 1. The molecule has 86 valence electrons. The Labute approximate surface area is 93.0 Å². The second-order valence-electron chi connectivity index (χ2n) is 5.73. The number of hydrogen-bond acceptors (Lipinski definition) is 1. The topological polar surface area (TPSA) is 20.3 Å². The minimum atomic E-state index is 0.338. The zero-order valence-electron chi connectivity index (χ0n) is 10.4. The Bertz CT molecular complexity index is 261. The number of carbonyl (C=O) groups is 1. The predicted octanol–water partition coefficient (Wildman–Crippen LogP) is 2.54. The molecule has 4 unspecified atom stereocenters. The van der Waals surface area contributed by atoms with E-state index in [0.717, 1.165) is 6.54 Å². The van der Waals surface area contributed by atoms with Gasteiger partial charge in [-0.05, 0) is 37.5 Å². The number of hydrogen-bond donors (Lipinski definition) is 0. The summed E-state index contributed by atoms with van der Waals surface area (Å²) >= 11 is 0. The van der Waals surface area contributed by atoms with Crippen LogP contribution in [0.15, 0.2) is 0 Å². The molecule has 2 rings (SSSR count). The van der Waals surface area contributed by atoms with Crippen molar-refractivity contribution in [1.82, 2.24) is 4.90 Å². The molecular formula is C13H23NO. The molecule has 2 aliphatic rings. The summed E-state index contributed by atoms with van der Waals surface area (Å²) in [6.45, 7) is 9.88. The molecule has 0 spiro atoms. The lowest BCUT2D eigenvalue weighted by molar-refractivity contribution is -0.133. The van der Waals surface area contributed by atoms with Crippen LogP contribution in [-0.2, 0) is 4.79 Å². The molecule has 1 saturated carbocycles. The number of amides is 1. The molecule has 1 amide bonds. The van der Waals surface area contributed by atoms with Crippen molar-refractivity contribution in [2.24, 2.45) is 23.7 Å². The first-order valence-corrected chi connectivity index (χ1v) is 6.34. The Balaban J connectivity index is 1.98. The molecule has 1 aliphatic carbocycles. The van der Waals surface area contributed by atoms with E-state index in [-0.39, 0.29) is 0 Å². The highest BCUT2D eigenvalue weighted by Gasteiger charge is 2.54. The van der Waals surface area contributed by atoms with Crippen molar-refractivity contribution >= 4 is 5.91 Å². The number of carbonyl (C=O) groups excluding carboxylic acids is 1. The van der Waals surface area contributed by atoms with Crippen LogP contribution >= 0.6 is 0 Å². The van der Waals surface area contributed by atoms with E-state index in [4.69, 9.17) is 0 Å². The zero-order valence-corrected chi connectivity index (χ0v) is 10.4. The minimum Gasteiger partial charge on any atom is -0.340 e. The third-order valence-electron chi connectivity index (χ3n) is 4.34. The quantitative estimate of drug-likeness (QED) is 0.684. The molecule has 4 atom stereocenters. The van der Waals surface area contributed by atoms with Gasteiger partial charge in [0.15, 0.2) is 0 Å². The fourth-order valence-electron chi connectivity index (χ4n) is 3.36. The van der Waals surface area contributed by atoms with Crippen LogP contribution in [0, 0.1) is 23.7 Å². The lowest BCUT2D eigenvalue weighted by atomic mass is 10.1. The van der Waals surface area contributed by atoms with Gasteiger partial charge in [0.2, 0.25) is 5.91 Å². The lowest BCUT2D eigenvalue weighted by Crippen LogP contribution is -2.35. The van der Waals surface area contributed by atoms with Crippen molar-refractivity contribution < 1.29 is 4.79 Å². The van der Waals surface area contributed by atoms with Gasteiger partial charge in [-0.1, -0.05) is 20.8 Å². The highest BCUT2D eigenvalue weighted by atomic mass is 16.2. The molecule has 2 nitrogen and oxygen atoms in total. The SMILES string of the molecule is CC(C)C1C(C)C1C(=O)N1CCCC1C. The molecule has 1 saturated heterocycles. The Morgan fingerprint density at radius 1 is 1.33 bits per heavy atom. The summed E-state index contributed by atoms with van der Waals surface area (Å²) in [5.74, 6) is 2.69. The van der Waals surface area contributed by atoms with Crippen LogP contribution < -0.4 is 0 Å². The molecule has 0 aromatic rings. The summed E-state index contributed by atoms with van der Waals surface area (Å²) in [5.41, 5.74) is 0. The first-order valence-electron chi connectivity index (χ1n) is 6.34. The summed E-state index contributed by atoms with van der Waals surface area (Å²) < 4.78 is 0. The fraction of sp³-hybridized carbons (Fsp3) is 0.923. The zero-order chi connectivity index (χ0) is 11.2. The van der Waals surface area contributed by atoms with Gasteiger partial charge in [-0.15, -0.1) is 0 Å². The van der Waals surface area contributed by atoms with Crippen LogP contribution in [0.5, 0.6) is 0 Å². The van der Waals surface area contributed by atoms with Crippen LogP contribution in [0.2, 0.25) is 0 Å². The maximum Gasteiger partial charge on any atom is 0.226 e. The molecule has 1 heterocycles. The van der Waals surface area contributed by atoms with E-state index >= 15 is 0 Å². The highest BCUT2D eigenvalue weighted by molar-refractivity contribution is 5.82. The van der Waals surface area contributed by atoms with Crippen molar-refractivity contribution in [3.05, 3.63) is 0 Å². The molecule has 1 aliphatic heterocycles. The van der Waals surface area contributed by atoms with Crippen molar-refractivity contribution in [1.29, 1.82) is 0 Å². The van der Waals surface area contributed by atoms with Gasteiger partial charge in [0.1, 0.15) is 0 Å². The molecule has 0 N–H and O–H groups in total. The highest BCUT2D eigenvalue weighted by Crippen LogP contribution is 2.51. The first kappa shape index (κ1) is 11.0. The Hall–Kier alpha value is -0.530. The van der Waals surface area contributed by atoms with Gasteiger partial charge in [-0.25, -0.2) is 0 Å². The normalized spacial score (nSPS) is 39.9. The molecule has 15 heavy (non-hydrogen) atoms. The largest absolute Gasteiger partial charge is 0.340 e. The van der Waals surface area contributed by atoms with Gasteiger partial charge in [-0.3, -0.25) is 4.79 Å². The summed E-state index contributed by atoms with van der Waals surface area (Å²) in [5, 5.41) is 0. The molecule has 0 aromatic heterocycles. The molecule has 0 radical (unpaired) electrons. The van der Waals surface area contributed by atoms with Gasteiger partial charge in [0.05, 0.1) is 0 Å². The minimum absolute atomic E-state index is 0.338. The van der Waals surface area contributed by atoms with Crippen molar-refractivity contribution in [3.8, 4) is 0 Å². The van der Waals surface area contributed by atoms with Crippen LogP contribution in [-0.4, -0.2) is 23.4 Å². The smallest absolute Gasteiger partial charge is 0.226 e. The monoisotopic (exact) mass is 209 g/mol. The second kappa shape index (κ2) is 3.80. The number of rotatable bonds is 2. The van der Waals surface area contributed by atoms with E-state index in [1.807, 2.05) is 0 Å². The summed E-state index contributed by atoms with van der Waals surface area (Å²) in [6.07, 6.45) is 2.39. The van der Waals surface area contributed by atoms with E-state index in [1.165, 1.54) is 12.8 Å². The van der Waals surface area contributed by atoms with Gasteiger partial charge < -0.3 is 4.90 Å². The Kier molecular flexibility index (Phi) is 2.78. The maximum absolute atomic E-state index is 12.3. The van der Waals surface area contributed by atoms with Gasteiger partial charge in [0.25, 0.3) is 0 Å². The number of likely N-dealkylation sites (tertiary alicyclic amines) is 1. The first-order chi connectivity index (χ1) is 7.04. The summed E-state index contributed by atoms with van der Waals surface area (Å²) in [6, 6.07) is 0.484. The van der Waals surface area contributed by atoms with Gasteiger partial charge >= 0.3 is 0 Å². The maximum atomic E-state index is 12.3. The Morgan fingerprint density at radius 3 is 2.40 bits per heavy atom. The van der Waals surface area contributed by atoms with Gasteiger partial charge in [-0.2, -0.15) is 0 Å². The second-order valence-corrected chi connectivity index (χ2v) is 5.73. The van der Waals surface area contributed by atoms with Crippen molar-refractivity contribution in [3.63, 3.8) is 0 Å². The summed E-state index contributed by atoms with van der Waals surface area (Å²) in [7, 11) is 0. The average Bonchev–Trinajstić information content (AvgIpc) is 2.64. The van der Waals surface area contributed by atoms with Gasteiger partial charge in [0, 0.05) is 18.5 Å². The Morgan fingerprint density at radius 2 is 2.00 bits per heavy atom. The third-order valence-corrected chi connectivity index (χ3v) is 4.34. The fourth-order valence-corrected chi connectivity index (χ4v) is 3.36. The van der Waals surface area contributed by atoms with E-state index in [9.17, 15) is 4.79 Å². The average molecular weight is 209 g/mol. The van der Waals surface area contributed by atoms with E-state index in [1.54, 1.807) is 0 Å².